The number of nitrogens with one attached hydrogen (secondary N) is 1. The number of hydrogen-bond donors (Lipinski definition) is 4. The number of aryl methyl sites for hydroxylation is 1. The standard InChI is InChI=1S/C25H36N6O3.C24H28F3N7O2.C23H27F3N4O3S/c1-6-23(33)25(3,4)30-14-18(12-27-30)20-11-21(17-7-9-19(32)10-8-17)31-22(20)13-26-24(29-31)28-16(2)15-34-5;1-14(9-24(25,26)27)7-22-28-11-21-19(8-20(34(21)32-22)16-3-5-18(35)6-4-16)17-10-29-33(12-17)13-23-31-30-15(2)36-23;1-14(11-23(24,25)26)9-21-27-13-20-18(16-5-8-22(28-12-16)34(2,32)33)10-19(30(20)29-21)15-3-6-17(31)7-4-15/h11-14,16-17,19,32H,6-10,15H2,1-5H3,(H,28,29);8,10-12,14,16,18,35H,3-7,9,13H2,1-2H3;5,8,10,12-15,17,31H,3-4,6-7,9,11H2,1-2H3/t16-,17?,19?;14-,16?,18?;14-,15?,17?/m011/s1. The molecule has 3 aliphatic carbocycles. The fourth-order valence-electron chi connectivity index (χ4n) is 14.3. The van der Waals surface area contributed by atoms with Crippen LogP contribution in [0.5, 0.6) is 0 Å². The number of sulfone groups is 1. The SMILES string of the molecule is CCC(=O)C(C)(C)n1cc(-c2cc(C3CCC(O)CC3)n3nc(N[C@@H](C)COC)ncc23)cn1.C[C@H](Cc1ncc2c(-c3ccc(S(C)(=O)=O)nc3)cc(C3CCC(O)CC3)n2n1)CC(F)(F)F.Cc1nnc(Cn2cc(-c3cc(C4CCC(O)CC4)n4nc(C[C@@H](C)CC(F)(F)F)ncc34)cn2)o1. The second kappa shape index (κ2) is 32.0. The number of alkyl halides is 6. The van der Waals surface area contributed by atoms with Gasteiger partial charge in [-0.15, -0.1) is 15.3 Å². The molecule has 10 aromatic heterocycles. The number of anilines is 1. The molecule has 104 heavy (non-hydrogen) atoms. The molecule has 0 amide bonds. The van der Waals surface area contributed by atoms with Gasteiger partial charge in [0.05, 0.1) is 72.5 Å². The molecule has 3 atom stereocenters. The number of Topliss-reactive ketones (excluding diaryl/α,β-unsaturated/α-hetero) is 1. The van der Waals surface area contributed by atoms with E-state index >= 15 is 0 Å². The Kier molecular flexibility index (Phi) is 23.6. The lowest BCUT2D eigenvalue weighted by Crippen LogP contribution is -2.35. The molecule has 0 saturated heterocycles. The van der Waals surface area contributed by atoms with Crippen LogP contribution < -0.4 is 5.32 Å². The first-order chi connectivity index (χ1) is 49.3. The van der Waals surface area contributed by atoms with Crippen molar-refractivity contribution < 1.29 is 64.0 Å². The molecule has 0 aromatic carbocycles. The van der Waals surface area contributed by atoms with Crippen molar-refractivity contribution in [3.63, 3.8) is 0 Å². The fraction of sp³-hybridized carbons (Fsp3) is 0.556. The van der Waals surface area contributed by atoms with Gasteiger partial charge in [0.2, 0.25) is 17.7 Å². The summed E-state index contributed by atoms with van der Waals surface area (Å²) in [6, 6.07) is 9.39. The quantitative estimate of drug-likeness (QED) is 0.0458. The number of carbonyl (C=O) groups excluding carboxylic acids is 1. The molecular weight excluding hydrogens is 1380 g/mol. The Hall–Kier alpha value is -8.59. The fourth-order valence-corrected chi connectivity index (χ4v) is 14.9. The molecule has 25 nitrogen and oxygen atoms in total. The number of carbonyl (C=O) groups is 1. The second-order valence-electron chi connectivity index (χ2n) is 28.9. The number of ether oxygens (including phenoxy) is 1. The zero-order valence-electron chi connectivity index (χ0n) is 59.9. The van der Waals surface area contributed by atoms with E-state index in [1.165, 1.54) is 19.2 Å². The van der Waals surface area contributed by atoms with Gasteiger partial charge < -0.3 is 29.8 Å². The summed E-state index contributed by atoms with van der Waals surface area (Å²) in [6.45, 7) is 13.4. The van der Waals surface area contributed by atoms with Crippen LogP contribution in [0.3, 0.4) is 0 Å². The number of aromatic nitrogens is 16. The summed E-state index contributed by atoms with van der Waals surface area (Å²) < 4.78 is 120. The van der Waals surface area contributed by atoms with Gasteiger partial charge in [0.25, 0.3) is 0 Å². The van der Waals surface area contributed by atoms with E-state index in [1.54, 1.807) is 65.7 Å². The molecular formula is C72H91F6N17O8S. The highest BCUT2D eigenvalue weighted by Gasteiger charge is 2.35. The van der Waals surface area contributed by atoms with Gasteiger partial charge in [0, 0.05) is 145 Å². The average molecular weight is 1470 g/mol. The zero-order valence-corrected chi connectivity index (χ0v) is 60.7. The molecule has 0 bridgehead atoms. The molecule has 3 fully saturated rings. The Morgan fingerprint density at radius 2 is 1.09 bits per heavy atom. The lowest BCUT2D eigenvalue weighted by Gasteiger charge is -2.25. The lowest BCUT2D eigenvalue weighted by atomic mass is 9.85. The van der Waals surface area contributed by atoms with Gasteiger partial charge in [-0.25, -0.2) is 41.9 Å². The minimum absolute atomic E-state index is 0.0292. The first kappa shape index (κ1) is 76.5. The van der Waals surface area contributed by atoms with Crippen molar-refractivity contribution in [2.45, 2.75) is 229 Å². The van der Waals surface area contributed by atoms with Gasteiger partial charge in [-0.3, -0.25) is 14.2 Å². The van der Waals surface area contributed by atoms with E-state index in [1.807, 2.05) is 61.4 Å². The monoisotopic (exact) mass is 1470 g/mol. The third-order valence-corrected chi connectivity index (χ3v) is 20.8. The summed E-state index contributed by atoms with van der Waals surface area (Å²) in [5.41, 5.74) is 9.70. The predicted octanol–water partition coefficient (Wildman–Crippen LogP) is 12.6. The number of nitrogens with zero attached hydrogens (tertiary/aromatic N) is 16. The Morgan fingerprint density at radius 3 is 1.52 bits per heavy atom. The van der Waals surface area contributed by atoms with E-state index in [2.05, 4.69) is 68.0 Å². The van der Waals surface area contributed by atoms with Gasteiger partial charge in [-0.2, -0.15) is 46.7 Å². The molecule has 0 aliphatic heterocycles. The number of ketones is 1. The van der Waals surface area contributed by atoms with E-state index < -0.39 is 52.4 Å². The maximum absolute atomic E-state index is 12.8. The van der Waals surface area contributed by atoms with Gasteiger partial charge >= 0.3 is 12.4 Å². The molecule has 0 radical (unpaired) electrons. The van der Waals surface area contributed by atoms with Crippen LogP contribution in [0.4, 0.5) is 32.3 Å². The summed E-state index contributed by atoms with van der Waals surface area (Å²) in [6.07, 6.45) is 13.9. The predicted molar refractivity (Wildman–Crippen MR) is 374 cm³/mol. The Labute approximate surface area is 598 Å². The molecule has 13 rings (SSSR count). The minimum atomic E-state index is -4.25. The number of methoxy groups -OCH3 is 1. The number of aliphatic hydroxyl groups is 3. The first-order valence-electron chi connectivity index (χ1n) is 35.4. The zero-order chi connectivity index (χ0) is 74.6. The molecule has 560 valence electrons. The highest BCUT2D eigenvalue weighted by atomic mass is 32.2. The van der Waals surface area contributed by atoms with Crippen molar-refractivity contribution in [1.82, 2.24) is 78.5 Å². The molecule has 10 aromatic rings. The number of pyridine rings is 1. The third-order valence-electron chi connectivity index (χ3n) is 19.8. The van der Waals surface area contributed by atoms with E-state index in [4.69, 9.17) is 14.3 Å². The molecule has 4 N–H and O–H groups in total. The smallest absolute Gasteiger partial charge is 0.389 e. The van der Waals surface area contributed by atoms with Crippen LogP contribution in [0.15, 0.2) is 89.3 Å². The Bertz CT molecular complexity index is 4670. The van der Waals surface area contributed by atoms with Crippen molar-refractivity contribution >= 4 is 38.1 Å². The first-order valence-corrected chi connectivity index (χ1v) is 37.3. The van der Waals surface area contributed by atoms with Crippen LogP contribution in [0.25, 0.3) is 49.9 Å². The highest BCUT2D eigenvalue weighted by molar-refractivity contribution is 7.90. The summed E-state index contributed by atoms with van der Waals surface area (Å²) in [7, 11) is -1.76. The maximum atomic E-state index is 12.8. The highest BCUT2D eigenvalue weighted by Crippen LogP contribution is 2.42. The van der Waals surface area contributed by atoms with E-state index in [-0.39, 0.29) is 59.8 Å². The number of hydrogen-bond acceptors (Lipinski definition) is 20. The van der Waals surface area contributed by atoms with Crippen molar-refractivity contribution in [3.8, 4) is 33.4 Å². The summed E-state index contributed by atoms with van der Waals surface area (Å²) in [5.74, 6) is 1.64. The van der Waals surface area contributed by atoms with Gasteiger partial charge in [0.1, 0.15) is 23.7 Å². The number of aliphatic hydroxyl groups excluding tert-OH is 3. The summed E-state index contributed by atoms with van der Waals surface area (Å²) >= 11 is 0. The van der Waals surface area contributed by atoms with Crippen LogP contribution >= 0.6 is 0 Å². The van der Waals surface area contributed by atoms with Crippen LogP contribution in [0.2, 0.25) is 0 Å². The maximum Gasteiger partial charge on any atom is 0.389 e. The van der Waals surface area contributed by atoms with Crippen molar-refractivity contribution in [2.24, 2.45) is 11.8 Å². The normalized spacial score (nSPS) is 20.1. The Balaban J connectivity index is 0.000000156. The average Bonchev–Trinajstić information content (AvgIpc) is 1.62. The van der Waals surface area contributed by atoms with Gasteiger partial charge in [-0.1, -0.05) is 20.8 Å². The topological polar surface area (TPSA) is 311 Å². The van der Waals surface area contributed by atoms with Gasteiger partial charge in [0.15, 0.2) is 20.6 Å². The molecule has 3 aliphatic rings. The minimum Gasteiger partial charge on any atom is -0.424 e. The summed E-state index contributed by atoms with van der Waals surface area (Å²) in [4.78, 5) is 29.9. The van der Waals surface area contributed by atoms with Crippen LogP contribution in [-0.2, 0) is 44.3 Å². The van der Waals surface area contributed by atoms with Crippen LogP contribution in [0.1, 0.15) is 196 Å². The third kappa shape index (κ3) is 18.7. The number of rotatable bonds is 22. The lowest BCUT2D eigenvalue weighted by molar-refractivity contribution is -0.144. The van der Waals surface area contributed by atoms with Crippen molar-refractivity contribution in [1.29, 1.82) is 0 Å². The van der Waals surface area contributed by atoms with E-state index in [9.17, 15) is 54.9 Å². The second-order valence-corrected chi connectivity index (χ2v) is 30.8. The van der Waals surface area contributed by atoms with Crippen LogP contribution in [-0.4, -0.2) is 165 Å². The largest absolute Gasteiger partial charge is 0.424 e. The molecule has 0 spiro atoms. The van der Waals surface area contributed by atoms with Crippen molar-refractivity contribution in [2.75, 3.05) is 25.3 Å². The van der Waals surface area contributed by atoms with E-state index in [0.717, 1.165) is 114 Å². The molecule has 0 unspecified atom stereocenters. The Morgan fingerprint density at radius 1 is 0.625 bits per heavy atom. The van der Waals surface area contributed by atoms with Crippen molar-refractivity contribution in [3.05, 3.63) is 120 Å². The van der Waals surface area contributed by atoms with Gasteiger partial charge in [-0.05, 0) is 140 Å². The molecule has 3 saturated carbocycles. The number of halogens is 6. The molecule has 10 heterocycles. The number of fused-ring (bicyclic) bond motifs is 3. The van der Waals surface area contributed by atoms with Crippen LogP contribution in [0, 0.1) is 18.8 Å². The van der Waals surface area contributed by atoms with E-state index in [0.29, 0.717) is 91.6 Å². The summed E-state index contributed by atoms with van der Waals surface area (Å²) in [5, 5.41) is 64.1. The molecule has 32 heteroatoms.